The molecule has 3 aromatic rings. The van der Waals surface area contributed by atoms with Crippen LogP contribution in [0, 0.1) is 18.6 Å². The molecule has 0 bridgehead atoms. The first-order chi connectivity index (χ1) is 15.9. The van der Waals surface area contributed by atoms with Crippen LogP contribution in [-0.2, 0) is 11.3 Å². The number of hydrogen-bond acceptors (Lipinski definition) is 6. The Morgan fingerprint density at radius 3 is 2.48 bits per heavy atom. The molecule has 1 saturated heterocycles. The van der Waals surface area contributed by atoms with Crippen molar-refractivity contribution < 1.29 is 22.9 Å². The van der Waals surface area contributed by atoms with Crippen molar-refractivity contribution in [3.8, 4) is 11.4 Å². The van der Waals surface area contributed by atoms with Gasteiger partial charge in [-0.2, -0.15) is 4.98 Å². The van der Waals surface area contributed by atoms with E-state index in [9.17, 15) is 18.4 Å². The van der Waals surface area contributed by atoms with Crippen molar-refractivity contribution in [3.63, 3.8) is 0 Å². The predicted molar refractivity (Wildman–Crippen MR) is 115 cm³/mol. The minimum absolute atomic E-state index is 0.265. The number of hydrogen-bond donors (Lipinski definition) is 1. The SMILES string of the molecule is Cc1ccc(-c2noc(CN3CCN(C(=O)CNC(=O)c4ccc(F)cc4F)CC3)n2)cc1. The van der Waals surface area contributed by atoms with Gasteiger partial charge in [-0.15, -0.1) is 0 Å². The molecule has 10 heteroatoms. The van der Waals surface area contributed by atoms with E-state index in [1.54, 1.807) is 4.90 Å². The molecule has 0 radical (unpaired) electrons. The number of nitrogens with zero attached hydrogens (tertiary/aromatic N) is 4. The lowest BCUT2D eigenvalue weighted by Gasteiger charge is -2.34. The fraction of sp³-hybridized carbons (Fsp3) is 0.304. The molecular weight excluding hydrogens is 432 g/mol. The highest BCUT2D eigenvalue weighted by Crippen LogP contribution is 2.17. The van der Waals surface area contributed by atoms with Crippen LogP contribution in [0.25, 0.3) is 11.4 Å². The average molecular weight is 455 g/mol. The van der Waals surface area contributed by atoms with E-state index in [2.05, 4.69) is 20.4 Å². The van der Waals surface area contributed by atoms with Gasteiger partial charge in [-0.05, 0) is 19.1 Å². The Morgan fingerprint density at radius 1 is 1.06 bits per heavy atom. The molecule has 2 heterocycles. The van der Waals surface area contributed by atoms with Gasteiger partial charge in [0.25, 0.3) is 5.91 Å². The van der Waals surface area contributed by atoms with Gasteiger partial charge < -0.3 is 14.7 Å². The predicted octanol–water partition coefficient (Wildman–Crippen LogP) is 2.40. The third-order valence-corrected chi connectivity index (χ3v) is 5.44. The van der Waals surface area contributed by atoms with Crippen molar-refractivity contribution in [2.75, 3.05) is 32.7 Å². The fourth-order valence-corrected chi connectivity index (χ4v) is 3.52. The third kappa shape index (κ3) is 5.58. The first-order valence-corrected chi connectivity index (χ1v) is 10.5. The summed E-state index contributed by atoms with van der Waals surface area (Å²) < 4.78 is 32.0. The van der Waals surface area contributed by atoms with Crippen LogP contribution in [0.2, 0.25) is 0 Å². The number of halogens is 2. The third-order valence-electron chi connectivity index (χ3n) is 5.44. The van der Waals surface area contributed by atoms with E-state index in [0.717, 1.165) is 23.3 Å². The van der Waals surface area contributed by atoms with Crippen molar-refractivity contribution in [2.24, 2.45) is 0 Å². The van der Waals surface area contributed by atoms with E-state index >= 15 is 0 Å². The molecule has 2 aromatic carbocycles. The van der Waals surface area contributed by atoms with Gasteiger partial charge in [-0.1, -0.05) is 35.0 Å². The largest absolute Gasteiger partial charge is 0.343 e. The minimum atomic E-state index is -0.972. The second-order valence-electron chi connectivity index (χ2n) is 7.84. The Balaban J connectivity index is 1.23. The molecule has 0 saturated carbocycles. The normalized spacial score (nSPS) is 14.3. The monoisotopic (exact) mass is 455 g/mol. The first kappa shape index (κ1) is 22.5. The molecule has 1 aliphatic rings. The summed E-state index contributed by atoms with van der Waals surface area (Å²) in [6, 6.07) is 10.5. The summed E-state index contributed by atoms with van der Waals surface area (Å²) in [5.74, 6) is -1.75. The average Bonchev–Trinajstić information content (AvgIpc) is 3.26. The van der Waals surface area contributed by atoms with E-state index in [1.165, 1.54) is 0 Å². The zero-order chi connectivity index (χ0) is 23.4. The molecule has 1 N–H and O–H groups in total. The summed E-state index contributed by atoms with van der Waals surface area (Å²) in [5.41, 5.74) is 1.73. The second kappa shape index (κ2) is 9.86. The fourth-order valence-electron chi connectivity index (χ4n) is 3.52. The minimum Gasteiger partial charge on any atom is -0.343 e. The maximum Gasteiger partial charge on any atom is 0.254 e. The maximum absolute atomic E-state index is 13.7. The highest BCUT2D eigenvalue weighted by molar-refractivity contribution is 5.96. The number of nitrogens with one attached hydrogen (secondary N) is 1. The van der Waals surface area contributed by atoms with Gasteiger partial charge in [-0.25, -0.2) is 8.78 Å². The molecule has 0 aliphatic carbocycles. The number of aryl methyl sites for hydroxylation is 1. The summed E-state index contributed by atoms with van der Waals surface area (Å²) in [5, 5.41) is 6.43. The number of carbonyl (C=O) groups is 2. The molecule has 0 spiro atoms. The quantitative estimate of drug-likeness (QED) is 0.614. The Bertz CT molecular complexity index is 1140. The van der Waals surface area contributed by atoms with E-state index in [0.29, 0.717) is 50.5 Å². The van der Waals surface area contributed by atoms with Gasteiger partial charge in [0, 0.05) is 37.8 Å². The zero-order valence-corrected chi connectivity index (χ0v) is 18.1. The number of carbonyl (C=O) groups excluding carboxylic acids is 2. The maximum atomic E-state index is 13.7. The lowest BCUT2D eigenvalue weighted by molar-refractivity contribution is -0.131. The molecule has 0 unspecified atom stereocenters. The van der Waals surface area contributed by atoms with Gasteiger partial charge >= 0.3 is 0 Å². The smallest absolute Gasteiger partial charge is 0.254 e. The van der Waals surface area contributed by atoms with Gasteiger partial charge in [0.15, 0.2) is 0 Å². The van der Waals surface area contributed by atoms with Crippen LogP contribution in [0.5, 0.6) is 0 Å². The molecule has 4 rings (SSSR count). The van der Waals surface area contributed by atoms with Crippen LogP contribution < -0.4 is 5.32 Å². The summed E-state index contributed by atoms with van der Waals surface area (Å²) in [6.45, 7) is 4.37. The van der Waals surface area contributed by atoms with E-state index in [4.69, 9.17) is 4.52 Å². The van der Waals surface area contributed by atoms with Crippen molar-refractivity contribution in [1.82, 2.24) is 25.3 Å². The molecule has 33 heavy (non-hydrogen) atoms. The van der Waals surface area contributed by atoms with Gasteiger partial charge in [0.05, 0.1) is 18.7 Å². The molecule has 1 aliphatic heterocycles. The number of piperazine rings is 1. The summed E-state index contributed by atoms with van der Waals surface area (Å²) in [4.78, 5) is 32.7. The molecule has 8 nitrogen and oxygen atoms in total. The standard InChI is InChI=1S/C23H23F2N5O3/c1-15-2-4-16(5-3-15)22-27-20(33-28-22)14-29-8-10-30(11-9-29)21(31)13-26-23(32)18-7-6-17(24)12-19(18)25/h2-7,12H,8-11,13-14H2,1H3,(H,26,32). The van der Waals surface area contributed by atoms with E-state index in [1.807, 2.05) is 31.2 Å². The number of aromatic nitrogens is 2. The Kier molecular flexibility index (Phi) is 6.74. The summed E-state index contributed by atoms with van der Waals surface area (Å²) in [7, 11) is 0. The molecule has 172 valence electrons. The van der Waals surface area contributed by atoms with Gasteiger partial charge in [-0.3, -0.25) is 14.5 Å². The summed E-state index contributed by atoms with van der Waals surface area (Å²) >= 11 is 0. The molecular formula is C23H23F2N5O3. The van der Waals surface area contributed by atoms with Gasteiger partial charge in [0.2, 0.25) is 17.6 Å². The molecule has 2 amide bonds. The van der Waals surface area contributed by atoms with Crippen LogP contribution in [0.3, 0.4) is 0 Å². The second-order valence-corrected chi connectivity index (χ2v) is 7.84. The van der Waals surface area contributed by atoms with Crippen LogP contribution in [0.4, 0.5) is 8.78 Å². The van der Waals surface area contributed by atoms with Crippen molar-refractivity contribution >= 4 is 11.8 Å². The molecule has 0 atom stereocenters. The molecule has 1 aromatic heterocycles. The van der Waals surface area contributed by atoms with Crippen molar-refractivity contribution in [2.45, 2.75) is 13.5 Å². The Morgan fingerprint density at radius 2 is 1.79 bits per heavy atom. The summed E-state index contributed by atoms with van der Waals surface area (Å²) in [6.07, 6.45) is 0. The first-order valence-electron chi connectivity index (χ1n) is 10.5. The number of amides is 2. The van der Waals surface area contributed by atoms with Crippen LogP contribution in [-0.4, -0.2) is 64.5 Å². The topological polar surface area (TPSA) is 91.6 Å². The van der Waals surface area contributed by atoms with Crippen molar-refractivity contribution in [3.05, 3.63) is 71.1 Å². The lowest BCUT2D eigenvalue weighted by atomic mass is 10.1. The van der Waals surface area contributed by atoms with Crippen LogP contribution in [0.1, 0.15) is 21.8 Å². The van der Waals surface area contributed by atoms with Gasteiger partial charge in [0.1, 0.15) is 11.6 Å². The van der Waals surface area contributed by atoms with E-state index < -0.39 is 17.5 Å². The Hall–Kier alpha value is -3.66. The van der Waals surface area contributed by atoms with Crippen LogP contribution in [0.15, 0.2) is 47.0 Å². The highest BCUT2D eigenvalue weighted by Gasteiger charge is 2.23. The number of rotatable bonds is 6. The Labute approximate surface area is 189 Å². The van der Waals surface area contributed by atoms with E-state index in [-0.39, 0.29) is 18.0 Å². The lowest BCUT2D eigenvalue weighted by Crippen LogP contribution is -2.50. The molecule has 1 fully saturated rings. The highest BCUT2D eigenvalue weighted by atomic mass is 19.1. The number of benzene rings is 2. The zero-order valence-electron chi connectivity index (χ0n) is 18.1. The van der Waals surface area contributed by atoms with Crippen molar-refractivity contribution in [1.29, 1.82) is 0 Å². The van der Waals surface area contributed by atoms with Crippen LogP contribution >= 0.6 is 0 Å².